The molecule has 0 spiro atoms. The van der Waals surface area contributed by atoms with Crippen LogP contribution in [0, 0.1) is 5.92 Å². The smallest absolute Gasteiger partial charge is 0.126 e. The van der Waals surface area contributed by atoms with Gasteiger partial charge in [-0.15, -0.1) is 0 Å². The fourth-order valence-electron chi connectivity index (χ4n) is 3.78. The number of piperidine rings is 1. The number of halogens is 1. The van der Waals surface area contributed by atoms with E-state index in [0.29, 0.717) is 10.8 Å². The first-order chi connectivity index (χ1) is 13.7. The topological polar surface area (TPSA) is 75.9 Å². The second kappa shape index (κ2) is 11.2. The lowest BCUT2D eigenvalue weighted by atomic mass is 9.89. The van der Waals surface area contributed by atoms with E-state index in [2.05, 4.69) is 20.6 Å². The van der Waals surface area contributed by atoms with Gasteiger partial charge in [0.25, 0.3) is 0 Å². The number of hydrogen-bond acceptors (Lipinski definition) is 5. The molecule has 2 aliphatic rings. The first-order valence-corrected chi connectivity index (χ1v) is 10.9. The van der Waals surface area contributed by atoms with Crippen LogP contribution in [0.4, 0.5) is 11.6 Å². The summed E-state index contributed by atoms with van der Waals surface area (Å²) in [5.41, 5.74) is 7.37. The molecule has 28 heavy (non-hydrogen) atoms. The second-order valence-electron chi connectivity index (χ2n) is 7.69. The molecular weight excluding hydrogens is 370 g/mol. The molecule has 2 aromatic heterocycles. The largest absolute Gasteiger partial charge is 0.384 e. The average molecular weight is 402 g/mol. The molecule has 3 heterocycles. The lowest BCUT2D eigenvalue weighted by molar-refractivity contribution is 0.373. The van der Waals surface area contributed by atoms with Crippen LogP contribution in [0.5, 0.6) is 0 Å². The van der Waals surface area contributed by atoms with E-state index < -0.39 is 0 Å². The second-order valence-corrected chi connectivity index (χ2v) is 8.10. The number of nitrogens with two attached hydrogens (primary N) is 1. The molecule has 5 nitrogen and oxygen atoms in total. The molecule has 4 N–H and O–H groups in total. The molecule has 6 heteroatoms. The van der Waals surface area contributed by atoms with Crippen molar-refractivity contribution in [1.29, 1.82) is 0 Å². The van der Waals surface area contributed by atoms with Crippen molar-refractivity contribution in [3.05, 3.63) is 35.5 Å². The molecular formula is C22H32ClN5. The van der Waals surface area contributed by atoms with Gasteiger partial charge in [-0.25, -0.2) is 9.97 Å². The number of aromatic nitrogens is 2. The van der Waals surface area contributed by atoms with Crippen molar-refractivity contribution in [2.75, 3.05) is 30.7 Å². The van der Waals surface area contributed by atoms with E-state index in [1.54, 1.807) is 12.3 Å². The quantitative estimate of drug-likeness (QED) is 0.661. The van der Waals surface area contributed by atoms with E-state index >= 15 is 0 Å². The van der Waals surface area contributed by atoms with E-state index in [0.717, 1.165) is 29.5 Å². The van der Waals surface area contributed by atoms with Crippen molar-refractivity contribution >= 4 is 23.2 Å². The molecule has 0 bridgehead atoms. The van der Waals surface area contributed by atoms with Crippen LogP contribution < -0.4 is 16.4 Å². The minimum Gasteiger partial charge on any atom is -0.384 e. The molecule has 2 fully saturated rings. The maximum absolute atomic E-state index is 6.20. The van der Waals surface area contributed by atoms with Crippen LogP contribution in [-0.2, 0) is 0 Å². The van der Waals surface area contributed by atoms with Crippen molar-refractivity contribution in [2.45, 2.75) is 51.4 Å². The van der Waals surface area contributed by atoms with Gasteiger partial charge < -0.3 is 16.4 Å². The summed E-state index contributed by atoms with van der Waals surface area (Å²) in [6.45, 7) is 3.49. The molecule has 0 unspecified atom stereocenters. The Kier molecular flexibility index (Phi) is 8.37. The zero-order valence-electron chi connectivity index (χ0n) is 16.6. The lowest BCUT2D eigenvalue weighted by Gasteiger charge is -2.22. The summed E-state index contributed by atoms with van der Waals surface area (Å²) in [6.07, 6.45) is 12.5. The Morgan fingerprint density at radius 1 is 1.07 bits per heavy atom. The van der Waals surface area contributed by atoms with E-state index in [4.69, 9.17) is 17.3 Å². The van der Waals surface area contributed by atoms with Crippen LogP contribution in [0.3, 0.4) is 0 Å². The standard InChI is InChI=1S/C17H21ClN4.C5H11N/c18-14-11-20-16(19)9-13(14)15-7-4-8-17(22-15)21-10-12-5-2-1-3-6-12;1-2-4-6-5-3-1/h4,7-9,11-12H,1-3,5-6,10H2,(H2,19,20)(H,21,22);6H,1-5H2. The monoisotopic (exact) mass is 401 g/mol. The molecule has 152 valence electrons. The van der Waals surface area contributed by atoms with Gasteiger partial charge in [0, 0.05) is 18.3 Å². The average Bonchev–Trinajstić information content (AvgIpc) is 2.76. The Bertz CT molecular complexity index is 715. The van der Waals surface area contributed by atoms with Crippen molar-refractivity contribution < 1.29 is 0 Å². The molecule has 0 amide bonds. The number of anilines is 2. The molecule has 1 saturated heterocycles. The number of rotatable bonds is 4. The summed E-state index contributed by atoms with van der Waals surface area (Å²) < 4.78 is 0. The van der Waals surface area contributed by atoms with Gasteiger partial charge >= 0.3 is 0 Å². The highest BCUT2D eigenvalue weighted by atomic mass is 35.5. The Morgan fingerprint density at radius 2 is 1.82 bits per heavy atom. The number of nitrogens with one attached hydrogen (secondary N) is 2. The lowest BCUT2D eigenvalue weighted by Crippen LogP contribution is -2.21. The minimum absolute atomic E-state index is 0.446. The predicted molar refractivity (Wildman–Crippen MR) is 119 cm³/mol. The Hall–Kier alpha value is -1.85. The van der Waals surface area contributed by atoms with E-state index in [-0.39, 0.29) is 0 Å². The summed E-state index contributed by atoms with van der Waals surface area (Å²) in [4.78, 5) is 8.64. The predicted octanol–water partition coefficient (Wildman–Crippen LogP) is 5.13. The first-order valence-electron chi connectivity index (χ1n) is 10.6. The summed E-state index contributed by atoms with van der Waals surface area (Å²) in [5, 5.41) is 7.30. The maximum Gasteiger partial charge on any atom is 0.126 e. The van der Waals surface area contributed by atoms with Crippen LogP contribution in [0.1, 0.15) is 51.4 Å². The number of pyridine rings is 2. The summed E-state index contributed by atoms with van der Waals surface area (Å²) in [7, 11) is 0. The van der Waals surface area contributed by atoms with Crippen molar-refractivity contribution in [3.63, 3.8) is 0 Å². The van der Waals surface area contributed by atoms with Crippen LogP contribution in [-0.4, -0.2) is 29.6 Å². The Morgan fingerprint density at radius 3 is 2.50 bits per heavy atom. The van der Waals surface area contributed by atoms with Crippen molar-refractivity contribution in [3.8, 4) is 11.3 Å². The van der Waals surface area contributed by atoms with Gasteiger partial charge in [-0.1, -0.05) is 43.4 Å². The fraction of sp³-hybridized carbons (Fsp3) is 0.545. The third-order valence-electron chi connectivity index (χ3n) is 5.41. The number of hydrogen-bond donors (Lipinski definition) is 3. The highest BCUT2D eigenvalue weighted by molar-refractivity contribution is 6.33. The summed E-state index contributed by atoms with van der Waals surface area (Å²) >= 11 is 6.20. The SMILES string of the molecule is C1CCNCC1.Nc1cc(-c2cccc(NCC3CCCCC3)n2)c(Cl)cn1. The van der Waals surface area contributed by atoms with Crippen molar-refractivity contribution in [2.24, 2.45) is 5.92 Å². The Balaban J connectivity index is 0.000000320. The van der Waals surface area contributed by atoms with Gasteiger partial charge in [0.2, 0.25) is 0 Å². The van der Waals surface area contributed by atoms with Gasteiger partial charge in [-0.3, -0.25) is 0 Å². The van der Waals surface area contributed by atoms with E-state index in [9.17, 15) is 0 Å². The molecule has 1 saturated carbocycles. The summed E-state index contributed by atoms with van der Waals surface area (Å²) in [6, 6.07) is 7.67. The van der Waals surface area contributed by atoms with Gasteiger partial charge in [0.1, 0.15) is 11.6 Å². The van der Waals surface area contributed by atoms with Crippen LogP contribution in [0.25, 0.3) is 11.3 Å². The highest BCUT2D eigenvalue weighted by Crippen LogP contribution is 2.28. The molecule has 1 aliphatic carbocycles. The third-order valence-corrected chi connectivity index (χ3v) is 5.71. The Labute approximate surface area is 173 Å². The molecule has 0 atom stereocenters. The van der Waals surface area contributed by atoms with Crippen LogP contribution >= 0.6 is 11.6 Å². The number of nitrogen functional groups attached to an aromatic ring is 1. The molecule has 0 aromatic carbocycles. The zero-order chi connectivity index (χ0) is 19.6. The van der Waals surface area contributed by atoms with Crippen LogP contribution in [0.15, 0.2) is 30.5 Å². The van der Waals surface area contributed by atoms with Gasteiger partial charge in [0.15, 0.2) is 0 Å². The van der Waals surface area contributed by atoms with Crippen molar-refractivity contribution in [1.82, 2.24) is 15.3 Å². The maximum atomic E-state index is 6.20. The number of nitrogens with zero attached hydrogens (tertiary/aromatic N) is 2. The molecule has 0 radical (unpaired) electrons. The first kappa shape index (κ1) is 20.9. The van der Waals surface area contributed by atoms with E-state index in [1.165, 1.54) is 64.5 Å². The third kappa shape index (κ3) is 6.64. The molecule has 2 aromatic rings. The van der Waals surface area contributed by atoms with Gasteiger partial charge in [-0.05, 0) is 62.9 Å². The van der Waals surface area contributed by atoms with Gasteiger partial charge in [0.05, 0.1) is 10.7 Å². The molecule has 1 aliphatic heterocycles. The van der Waals surface area contributed by atoms with Crippen LogP contribution in [0.2, 0.25) is 5.02 Å². The van der Waals surface area contributed by atoms with E-state index in [1.807, 2.05) is 18.2 Å². The normalized spacial score (nSPS) is 17.5. The van der Waals surface area contributed by atoms with Gasteiger partial charge in [-0.2, -0.15) is 0 Å². The minimum atomic E-state index is 0.446. The highest BCUT2D eigenvalue weighted by Gasteiger charge is 2.13. The fourth-order valence-corrected chi connectivity index (χ4v) is 3.98. The zero-order valence-corrected chi connectivity index (χ0v) is 17.3. The summed E-state index contributed by atoms with van der Waals surface area (Å²) in [5.74, 6) is 2.09. The molecule has 4 rings (SSSR count).